The number of methoxy groups -OCH3 is 1. The maximum Gasteiger partial charge on any atom is 0.309 e. The van der Waals surface area contributed by atoms with Crippen LogP contribution in [0, 0.1) is 17.6 Å². The standard InChI is InChI=1S/C30H32F2N2O5/c1-17(30(36)37)28(35)22-9-5-18-7-10-25(39-29(18)27(22)32)19-6-8-21(20(13-19)16-34-11-3-4-12-34)23-14-26(38-2)33-15-24(23)31/h5-6,8-9,13-15,17,25,28,35H,3-4,7,10-12,16H2,1-2H3,(H,36,37)/t17-,25-,28+/m0/s1. The molecule has 206 valence electrons. The molecule has 0 amide bonds. The Morgan fingerprint density at radius 3 is 2.67 bits per heavy atom. The van der Waals surface area contributed by atoms with Crippen LogP contribution in [0.25, 0.3) is 11.1 Å². The van der Waals surface area contributed by atoms with Gasteiger partial charge in [0.15, 0.2) is 11.6 Å². The lowest BCUT2D eigenvalue weighted by molar-refractivity contribution is -0.145. The fraction of sp³-hybridized carbons (Fsp3) is 0.400. The highest BCUT2D eigenvalue weighted by Gasteiger charge is 2.31. The summed E-state index contributed by atoms with van der Waals surface area (Å²) < 4.78 is 41.8. The summed E-state index contributed by atoms with van der Waals surface area (Å²) in [6.45, 7) is 3.89. The van der Waals surface area contributed by atoms with Crippen LogP contribution < -0.4 is 9.47 Å². The lowest BCUT2D eigenvalue weighted by Gasteiger charge is -2.29. The van der Waals surface area contributed by atoms with E-state index in [-0.39, 0.29) is 11.3 Å². The lowest BCUT2D eigenvalue weighted by Crippen LogP contribution is -2.22. The van der Waals surface area contributed by atoms with Gasteiger partial charge in [0.2, 0.25) is 5.88 Å². The summed E-state index contributed by atoms with van der Waals surface area (Å²) in [7, 11) is 1.49. The van der Waals surface area contributed by atoms with Gasteiger partial charge in [0.1, 0.15) is 11.9 Å². The van der Waals surface area contributed by atoms with E-state index in [0.29, 0.717) is 36.4 Å². The summed E-state index contributed by atoms with van der Waals surface area (Å²) in [5.41, 5.74) is 3.47. The van der Waals surface area contributed by atoms with E-state index >= 15 is 4.39 Å². The van der Waals surface area contributed by atoms with Crippen LogP contribution in [0.4, 0.5) is 8.78 Å². The maximum absolute atomic E-state index is 15.5. The highest BCUT2D eigenvalue weighted by molar-refractivity contribution is 5.71. The van der Waals surface area contributed by atoms with Gasteiger partial charge >= 0.3 is 5.97 Å². The van der Waals surface area contributed by atoms with Crippen LogP contribution in [0.5, 0.6) is 11.6 Å². The fourth-order valence-electron chi connectivity index (χ4n) is 5.42. The van der Waals surface area contributed by atoms with E-state index in [1.807, 2.05) is 18.2 Å². The molecule has 0 spiro atoms. The molecule has 1 saturated heterocycles. The lowest BCUT2D eigenvalue weighted by atomic mass is 9.90. The van der Waals surface area contributed by atoms with E-state index in [2.05, 4.69) is 9.88 Å². The molecule has 3 aromatic rings. The molecule has 2 aliphatic rings. The third kappa shape index (κ3) is 5.46. The average molecular weight is 539 g/mol. The van der Waals surface area contributed by atoms with Crippen molar-refractivity contribution in [3.05, 3.63) is 76.5 Å². The number of hydrogen-bond acceptors (Lipinski definition) is 6. The number of carboxylic acid groups (broad SMARTS) is 1. The van der Waals surface area contributed by atoms with Gasteiger partial charge in [0.25, 0.3) is 0 Å². The number of pyridine rings is 1. The summed E-state index contributed by atoms with van der Waals surface area (Å²) in [5.74, 6) is -3.22. The molecule has 2 aromatic carbocycles. The minimum atomic E-state index is -1.50. The number of nitrogens with zero attached hydrogens (tertiary/aromatic N) is 2. The molecule has 0 radical (unpaired) electrons. The summed E-state index contributed by atoms with van der Waals surface area (Å²) >= 11 is 0. The monoisotopic (exact) mass is 538 g/mol. The number of ether oxygens (including phenoxy) is 2. The number of halogens is 2. The Bertz CT molecular complexity index is 1380. The number of carbonyl (C=O) groups is 1. The zero-order valence-corrected chi connectivity index (χ0v) is 22.0. The van der Waals surface area contributed by atoms with Crippen LogP contribution in [-0.4, -0.2) is 46.3 Å². The topological polar surface area (TPSA) is 92.1 Å². The Morgan fingerprint density at radius 1 is 1.18 bits per heavy atom. The van der Waals surface area contributed by atoms with Crippen LogP contribution >= 0.6 is 0 Å². The number of rotatable bonds is 8. The number of likely N-dealkylation sites (tertiary alicyclic amines) is 1. The summed E-state index contributed by atoms with van der Waals surface area (Å²) in [4.78, 5) is 17.6. The predicted molar refractivity (Wildman–Crippen MR) is 141 cm³/mol. The zero-order chi connectivity index (χ0) is 27.7. The molecule has 3 atom stereocenters. The Kier molecular flexibility index (Phi) is 7.81. The minimum absolute atomic E-state index is 0.0375. The van der Waals surface area contributed by atoms with Crippen molar-refractivity contribution in [3.63, 3.8) is 0 Å². The van der Waals surface area contributed by atoms with E-state index in [0.717, 1.165) is 48.8 Å². The van der Waals surface area contributed by atoms with E-state index in [4.69, 9.17) is 9.47 Å². The minimum Gasteiger partial charge on any atom is -0.482 e. The van der Waals surface area contributed by atoms with Gasteiger partial charge in [-0.15, -0.1) is 0 Å². The van der Waals surface area contributed by atoms with Crippen LogP contribution in [0.2, 0.25) is 0 Å². The predicted octanol–water partition coefficient (Wildman–Crippen LogP) is 5.45. The van der Waals surface area contributed by atoms with Crippen LogP contribution in [0.15, 0.2) is 42.6 Å². The van der Waals surface area contributed by atoms with Crippen LogP contribution in [0.1, 0.15) is 60.6 Å². The molecule has 3 heterocycles. The van der Waals surface area contributed by atoms with Crippen molar-refractivity contribution in [1.82, 2.24) is 9.88 Å². The number of benzene rings is 2. The van der Waals surface area contributed by atoms with Crippen molar-refractivity contribution in [2.45, 2.75) is 51.4 Å². The average Bonchev–Trinajstić information content (AvgIpc) is 3.46. The SMILES string of the molecule is COc1cc(-c2ccc([C@@H]3CCc4ccc([C@H](O)[C@H](C)C(=O)O)c(F)c4O3)cc2CN2CCCC2)c(F)cn1. The molecule has 7 nitrogen and oxygen atoms in total. The Morgan fingerprint density at radius 2 is 1.95 bits per heavy atom. The van der Waals surface area contributed by atoms with Crippen molar-refractivity contribution in [3.8, 4) is 22.8 Å². The van der Waals surface area contributed by atoms with Gasteiger partial charge in [0.05, 0.1) is 25.3 Å². The molecule has 2 N–H and O–H groups in total. The molecular formula is C30H32F2N2O5. The molecule has 1 fully saturated rings. The van der Waals surface area contributed by atoms with Crippen molar-refractivity contribution in [1.29, 1.82) is 0 Å². The first-order valence-corrected chi connectivity index (χ1v) is 13.2. The number of aliphatic hydroxyl groups excluding tert-OH is 1. The highest BCUT2D eigenvalue weighted by Crippen LogP contribution is 2.41. The molecule has 39 heavy (non-hydrogen) atoms. The van der Waals surface area contributed by atoms with E-state index in [9.17, 15) is 19.4 Å². The summed E-state index contributed by atoms with van der Waals surface area (Å²) in [6.07, 6.45) is 2.59. The van der Waals surface area contributed by atoms with Crippen molar-refractivity contribution in [2.75, 3.05) is 20.2 Å². The first-order valence-electron chi connectivity index (χ1n) is 13.2. The molecule has 0 unspecified atom stereocenters. The smallest absolute Gasteiger partial charge is 0.309 e. The Hall–Kier alpha value is -3.56. The van der Waals surface area contributed by atoms with E-state index in [1.165, 1.54) is 20.1 Å². The van der Waals surface area contributed by atoms with Crippen molar-refractivity contribution >= 4 is 5.97 Å². The second-order valence-electron chi connectivity index (χ2n) is 10.3. The number of aromatic nitrogens is 1. The summed E-state index contributed by atoms with van der Waals surface area (Å²) in [5, 5.41) is 19.7. The van der Waals surface area contributed by atoms with Gasteiger partial charge in [-0.3, -0.25) is 9.69 Å². The number of aliphatic hydroxyl groups is 1. The molecule has 0 saturated carbocycles. The maximum atomic E-state index is 15.5. The Labute approximate surface area is 226 Å². The molecule has 9 heteroatoms. The van der Waals surface area contributed by atoms with E-state index in [1.54, 1.807) is 12.1 Å². The number of carboxylic acids is 1. The third-order valence-corrected chi connectivity index (χ3v) is 7.75. The van der Waals surface area contributed by atoms with Gasteiger partial charge in [-0.25, -0.2) is 13.8 Å². The summed E-state index contributed by atoms with van der Waals surface area (Å²) in [6, 6.07) is 10.4. The third-order valence-electron chi connectivity index (χ3n) is 7.75. The van der Waals surface area contributed by atoms with Crippen molar-refractivity contribution in [2.24, 2.45) is 5.92 Å². The van der Waals surface area contributed by atoms with Crippen LogP contribution in [-0.2, 0) is 17.8 Å². The van der Waals surface area contributed by atoms with Gasteiger partial charge in [-0.1, -0.05) is 30.3 Å². The Balaban J connectivity index is 1.49. The molecule has 1 aromatic heterocycles. The first kappa shape index (κ1) is 27.0. The van der Waals surface area contributed by atoms with Gasteiger partial charge in [-0.05, 0) is 68.0 Å². The van der Waals surface area contributed by atoms with Crippen LogP contribution in [0.3, 0.4) is 0 Å². The number of hydrogen-bond donors (Lipinski definition) is 2. The van der Waals surface area contributed by atoms with Crippen molar-refractivity contribution < 1.29 is 33.3 Å². The molecule has 2 aliphatic heterocycles. The second kappa shape index (κ2) is 11.3. The zero-order valence-electron chi connectivity index (χ0n) is 22.0. The molecule has 5 rings (SSSR count). The number of aliphatic carboxylic acids is 1. The normalized spacial score (nSPS) is 18.7. The molecule has 0 aliphatic carbocycles. The van der Waals surface area contributed by atoms with Gasteiger partial charge < -0.3 is 19.7 Å². The highest BCUT2D eigenvalue weighted by atomic mass is 19.1. The van der Waals surface area contributed by atoms with E-state index < -0.39 is 35.7 Å². The molecule has 0 bridgehead atoms. The number of fused-ring (bicyclic) bond motifs is 1. The number of aryl methyl sites for hydroxylation is 1. The second-order valence-corrected chi connectivity index (χ2v) is 10.3. The van der Waals surface area contributed by atoms with Gasteiger partial charge in [-0.2, -0.15) is 0 Å². The fourth-order valence-corrected chi connectivity index (χ4v) is 5.42. The first-order chi connectivity index (χ1) is 18.8. The quantitative estimate of drug-likeness (QED) is 0.394. The molecular weight excluding hydrogens is 506 g/mol. The largest absolute Gasteiger partial charge is 0.482 e. The van der Waals surface area contributed by atoms with Gasteiger partial charge in [0, 0.05) is 23.7 Å².